The fourth-order valence-corrected chi connectivity index (χ4v) is 6.50. The summed E-state index contributed by atoms with van der Waals surface area (Å²) in [6.07, 6.45) is 14.7. The average Bonchev–Trinajstić information content (AvgIpc) is 2.81. The van der Waals surface area contributed by atoms with Crippen molar-refractivity contribution in [3.63, 3.8) is 0 Å². The van der Waals surface area contributed by atoms with Gasteiger partial charge in [-0.25, -0.2) is 0 Å². The van der Waals surface area contributed by atoms with E-state index in [1.165, 1.54) is 38.5 Å². The van der Waals surface area contributed by atoms with Crippen molar-refractivity contribution in [2.75, 3.05) is 0 Å². The summed E-state index contributed by atoms with van der Waals surface area (Å²) in [7, 11) is 0. The van der Waals surface area contributed by atoms with Crippen molar-refractivity contribution < 1.29 is 4.79 Å². The van der Waals surface area contributed by atoms with Crippen molar-refractivity contribution in [3.8, 4) is 0 Å². The maximum Gasteiger partial charge on any atom is 0.136 e. The molecule has 0 aromatic carbocycles. The summed E-state index contributed by atoms with van der Waals surface area (Å²) in [6, 6.07) is 0. The number of allylic oxidation sites excluding steroid dienone is 2. The highest BCUT2D eigenvalue weighted by atomic mass is 16.1. The molecule has 1 heteroatoms. The largest absolute Gasteiger partial charge is 0.299 e. The fourth-order valence-electron chi connectivity index (χ4n) is 6.50. The molecule has 0 saturated heterocycles. The molecule has 4 aliphatic rings. The Labute approximate surface area is 123 Å². The molecule has 6 atom stereocenters. The Bertz CT molecular complexity index is 464. The van der Waals surface area contributed by atoms with Crippen LogP contribution in [-0.4, -0.2) is 5.78 Å². The Morgan fingerprint density at radius 3 is 2.80 bits per heavy atom. The maximum atomic E-state index is 12.9. The first kappa shape index (κ1) is 13.1. The third-order valence-electron chi connectivity index (χ3n) is 7.80. The minimum Gasteiger partial charge on any atom is -0.299 e. The number of rotatable bonds is 0. The third kappa shape index (κ3) is 1.58. The lowest BCUT2D eigenvalue weighted by molar-refractivity contribution is -0.150. The van der Waals surface area contributed by atoms with E-state index >= 15 is 0 Å². The molecule has 0 aliphatic heterocycles. The first-order valence-electron chi connectivity index (χ1n) is 8.72. The first-order valence-corrected chi connectivity index (χ1v) is 8.72. The zero-order valence-electron chi connectivity index (χ0n) is 13.0. The number of hydrogen-bond donors (Lipinski definition) is 0. The molecule has 1 nitrogen and oxygen atoms in total. The summed E-state index contributed by atoms with van der Waals surface area (Å²) in [5.74, 6) is 3.05. The van der Waals surface area contributed by atoms with Gasteiger partial charge in [-0.05, 0) is 67.1 Å². The van der Waals surface area contributed by atoms with Gasteiger partial charge < -0.3 is 0 Å². The number of carbonyl (C=O) groups is 1. The molecule has 0 N–H and O–H groups in total. The average molecular weight is 272 g/mol. The van der Waals surface area contributed by atoms with E-state index in [1.54, 1.807) is 0 Å². The standard InChI is InChI=1S/C19H28O/c1-18-9-5-7-14(18)17-15(8-11-18)19(2)10-4-3-6-13(19)12-16(17)20/h3-4,13-15,17H,5-12H2,1-2H3/t13-,14-,15-,17+,18-,19+/m1/s1. The molecule has 0 bridgehead atoms. The molecule has 0 aromatic heterocycles. The van der Waals surface area contributed by atoms with Crippen LogP contribution in [0, 0.1) is 34.5 Å². The SMILES string of the molecule is C[C@]12CCC[C@@H]1[C@@H]1C(=O)C[C@H]3CC=CC[C@]3(C)[C@@H]1CC2. The van der Waals surface area contributed by atoms with E-state index in [-0.39, 0.29) is 0 Å². The Morgan fingerprint density at radius 2 is 1.95 bits per heavy atom. The smallest absolute Gasteiger partial charge is 0.136 e. The molecule has 0 unspecified atom stereocenters. The van der Waals surface area contributed by atoms with Crippen LogP contribution < -0.4 is 0 Å². The molecule has 4 rings (SSSR count). The second-order valence-corrected chi connectivity index (χ2v) is 8.61. The molecular formula is C19H28O. The predicted octanol–water partition coefficient (Wildman–Crippen LogP) is 4.76. The van der Waals surface area contributed by atoms with Gasteiger partial charge in [-0.3, -0.25) is 4.79 Å². The minimum atomic E-state index is 0.406. The lowest BCUT2D eigenvalue weighted by Crippen LogP contribution is -2.55. The van der Waals surface area contributed by atoms with Crippen LogP contribution in [0.4, 0.5) is 0 Å². The van der Waals surface area contributed by atoms with Gasteiger partial charge in [-0.2, -0.15) is 0 Å². The third-order valence-corrected chi connectivity index (χ3v) is 7.80. The van der Waals surface area contributed by atoms with Crippen LogP contribution in [-0.2, 0) is 4.79 Å². The van der Waals surface area contributed by atoms with E-state index in [9.17, 15) is 4.79 Å². The highest BCUT2D eigenvalue weighted by Crippen LogP contribution is 2.64. The molecule has 0 radical (unpaired) electrons. The lowest BCUT2D eigenvalue weighted by Gasteiger charge is -2.58. The number of Topliss-reactive ketones (excluding diaryl/α,β-unsaturated/α-hetero) is 1. The number of carbonyl (C=O) groups excluding carboxylic acids is 1. The summed E-state index contributed by atoms with van der Waals surface area (Å²) >= 11 is 0. The quantitative estimate of drug-likeness (QED) is 0.581. The number of ketones is 1. The molecule has 4 aliphatic carbocycles. The molecule has 0 spiro atoms. The Kier molecular flexibility index (Phi) is 2.76. The lowest BCUT2D eigenvalue weighted by atomic mass is 9.46. The monoisotopic (exact) mass is 272 g/mol. The Balaban J connectivity index is 1.73. The Morgan fingerprint density at radius 1 is 1.10 bits per heavy atom. The second kappa shape index (κ2) is 4.21. The maximum absolute atomic E-state index is 12.9. The van der Waals surface area contributed by atoms with Crippen LogP contribution in [0.15, 0.2) is 12.2 Å². The van der Waals surface area contributed by atoms with Gasteiger partial charge >= 0.3 is 0 Å². The van der Waals surface area contributed by atoms with Crippen molar-refractivity contribution in [3.05, 3.63) is 12.2 Å². The molecular weight excluding hydrogens is 244 g/mol. The van der Waals surface area contributed by atoms with E-state index in [0.29, 0.717) is 40.3 Å². The summed E-state index contributed by atoms with van der Waals surface area (Å²) in [6.45, 7) is 4.98. The van der Waals surface area contributed by atoms with Crippen LogP contribution >= 0.6 is 0 Å². The van der Waals surface area contributed by atoms with Gasteiger partial charge in [0.1, 0.15) is 5.78 Å². The molecule has 110 valence electrons. The van der Waals surface area contributed by atoms with Gasteiger partial charge in [0.15, 0.2) is 0 Å². The van der Waals surface area contributed by atoms with E-state index in [1.807, 2.05) is 0 Å². The van der Waals surface area contributed by atoms with Gasteiger partial charge in [0.25, 0.3) is 0 Å². The topological polar surface area (TPSA) is 17.1 Å². The summed E-state index contributed by atoms with van der Waals surface area (Å²) in [5, 5.41) is 0. The van der Waals surface area contributed by atoms with Gasteiger partial charge in [0.05, 0.1) is 0 Å². The summed E-state index contributed by atoms with van der Waals surface area (Å²) in [4.78, 5) is 12.9. The van der Waals surface area contributed by atoms with Crippen molar-refractivity contribution in [1.29, 1.82) is 0 Å². The van der Waals surface area contributed by atoms with Crippen molar-refractivity contribution in [1.82, 2.24) is 0 Å². The van der Waals surface area contributed by atoms with Gasteiger partial charge in [0.2, 0.25) is 0 Å². The van der Waals surface area contributed by atoms with E-state index in [0.717, 1.165) is 12.8 Å². The molecule has 3 fully saturated rings. The first-order chi connectivity index (χ1) is 9.55. The highest BCUT2D eigenvalue weighted by molar-refractivity contribution is 5.83. The van der Waals surface area contributed by atoms with Crippen LogP contribution in [0.2, 0.25) is 0 Å². The fraction of sp³-hybridized carbons (Fsp3) is 0.842. The zero-order chi connectivity index (χ0) is 14.0. The van der Waals surface area contributed by atoms with Crippen molar-refractivity contribution >= 4 is 5.78 Å². The summed E-state index contributed by atoms with van der Waals surface area (Å²) < 4.78 is 0. The molecule has 0 heterocycles. The van der Waals surface area contributed by atoms with E-state index in [4.69, 9.17) is 0 Å². The predicted molar refractivity (Wildman–Crippen MR) is 81.3 cm³/mol. The van der Waals surface area contributed by atoms with Gasteiger partial charge in [-0.15, -0.1) is 0 Å². The van der Waals surface area contributed by atoms with Crippen molar-refractivity contribution in [2.24, 2.45) is 34.5 Å². The highest BCUT2D eigenvalue weighted by Gasteiger charge is 2.59. The second-order valence-electron chi connectivity index (χ2n) is 8.61. The number of fused-ring (bicyclic) bond motifs is 5. The molecule has 0 aromatic rings. The van der Waals surface area contributed by atoms with Crippen LogP contribution in [0.25, 0.3) is 0 Å². The van der Waals surface area contributed by atoms with Gasteiger partial charge in [0, 0.05) is 12.3 Å². The van der Waals surface area contributed by atoms with E-state index in [2.05, 4.69) is 26.0 Å². The van der Waals surface area contributed by atoms with Crippen molar-refractivity contribution in [2.45, 2.75) is 65.2 Å². The van der Waals surface area contributed by atoms with Crippen LogP contribution in [0.3, 0.4) is 0 Å². The molecule has 20 heavy (non-hydrogen) atoms. The normalized spacial score (nSPS) is 54.2. The molecule has 3 saturated carbocycles. The Hall–Kier alpha value is -0.590. The van der Waals surface area contributed by atoms with E-state index < -0.39 is 0 Å². The minimum absolute atomic E-state index is 0.406. The molecule has 0 amide bonds. The zero-order valence-corrected chi connectivity index (χ0v) is 13.0. The van der Waals surface area contributed by atoms with Crippen LogP contribution in [0.1, 0.15) is 65.2 Å². The van der Waals surface area contributed by atoms with Crippen LogP contribution in [0.5, 0.6) is 0 Å². The van der Waals surface area contributed by atoms with Gasteiger partial charge in [-0.1, -0.05) is 32.4 Å². The summed E-state index contributed by atoms with van der Waals surface area (Å²) in [5.41, 5.74) is 0.905. The number of hydrogen-bond acceptors (Lipinski definition) is 1.